The van der Waals surface area contributed by atoms with Crippen LogP contribution in [0, 0.1) is 19.7 Å². The highest BCUT2D eigenvalue weighted by atomic mass is 32.1. The van der Waals surface area contributed by atoms with Crippen molar-refractivity contribution >= 4 is 22.3 Å². The van der Waals surface area contributed by atoms with Crippen molar-refractivity contribution in [1.29, 1.82) is 0 Å². The van der Waals surface area contributed by atoms with Gasteiger partial charge in [-0.3, -0.25) is 0 Å². The fourth-order valence-corrected chi connectivity index (χ4v) is 3.72. The molecule has 6 heteroatoms. The van der Waals surface area contributed by atoms with Crippen LogP contribution in [0.2, 0.25) is 0 Å². The third kappa shape index (κ3) is 3.48. The zero-order valence-corrected chi connectivity index (χ0v) is 15.6. The highest BCUT2D eigenvalue weighted by molar-refractivity contribution is 7.13. The topological polar surface area (TPSA) is 52.3 Å². The molecular formula is C21H16FNO3S. The first-order valence-electron chi connectivity index (χ1n) is 8.38. The zero-order valence-electron chi connectivity index (χ0n) is 14.8. The van der Waals surface area contributed by atoms with Gasteiger partial charge in [0.1, 0.15) is 28.8 Å². The summed E-state index contributed by atoms with van der Waals surface area (Å²) in [5, 5.41) is 3.62. The van der Waals surface area contributed by atoms with Crippen molar-refractivity contribution in [2.75, 3.05) is 0 Å². The minimum atomic E-state index is -0.372. The number of halogens is 1. The van der Waals surface area contributed by atoms with E-state index in [-0.39, 0.29) is 11.4 Å². The third-order valence-corrected chi connectivity index (χ3v) is 5.28. The van der Waals surface area contributed by atoms with Gasteiger partial charge in [-0.15, -0.1) is 11.3 Å². The molecule has 2 heterocycles. The van der Waals surface area contributed by atoms with Gasteiger partial charge in [-0.05, 0) is 55.8 Å². The summed E-state index contributed by atoms with van der Waals surface area (Å²) in [6.45, 7) is 4.04. The largest absolute Gasteiger partial charge is 0.487 e. The second-order valence-electron chi connectivity index (χ2n) is 6.25. The summed E-state index contributed by atoms with van der Waals surface area (Å²) in [4.78, 5) is 16.2. The maximum absolute atomic E-state index is 13.1. The van der Waals surface area contributed by atoms with Crippen molar-refractivity contribution < 1.29 is 13.5 Å². The lowest BCUT2D eigenvalue weighted by atomic mass is 10.1. The van der Waals surface area contributed by atoms with Crippen LogP contribution in [0.3, 0.4) is 0 Å². The van der Waals surface area contributed by atoms with E-state index in [0.717, 1.165) is 32.8 Å². The molecule has 0 atom stereocenters. The number of hydrogen-bond donors (Lipinski definition) is 0. The number of benzene rings is 2. The summed E-state index contributed by atoms with van der Waals surface area (Å²) in [6.07, 6.45) is 0. The molecule has 0 amide bonds. The van der Waals surface area contributed by atoms with Gasteiger partial charge in [0.2, 0.25) is 0 Å². The normalized spacial score (nSPS) is 11.1. The molecule has 0 saturated heterocycles. The molecule has 2 aromatic heterocycles. The molecule has 0 radical (unpaired) electrons. The molecule has 0 N–H and O–H groups in total. The van der Waals surface area contributed by atoms with Crippen LogP contribution in [0.4, 0.5) is 4.39 Å². The first kappa shape index (κ1) is 17.4. The Kier molecular flexibility index (Phi) is 4.49. The lowest BCUT2D eigenvalue weighted by Gasteiger charge is -2.10. The molecule has 0 aliphatic carbocycles. The van der Waals surface area contributed by atoms with E-state index in [4.69, 9.17) is 9.15 Å². The fraction of sp³-hybridized carbons (Fsp3) is 0.143. The monoisotopic (exact) mass is 381 g/mol. The maximum Gasteiger partial charge on any atom is 0.336 e. The maximum atomic E-state index is 13.1. The third-order valence-electron chi connectivity index (χ3n) is 4.34. The molecular weight excluding hydrogens is 365 g/mol. The number of aromatic nitrogens is 1. The number of rotatable bonds is 4. The van der Waals surface area contributed by atoms with Crippen molar-refractivity contribution in [2.45, 2.75) is 20.5 Å². The van der Waals surface area contributed by atoms with Gasteiger partial charge in [0.25, 0.3) is 0 Å². The SMILES string of the molecule is Cc1cc(=O)oc2c(C)c(OCc3csc(-c4ccc(F)cc4)n3)ccc12. The number of aryl methyl sites for hydroxylation is 2. The van der Waals surface area contributed by atoms with Crippen molar-refractivity contribution in [3.05, 3.63) is 80.9 Å². The number of thiazole rings is 1. The molecule has 0 spiro atoms. The average Bonchev–Trinajstić information content (AvgIpc) is 3.11. The van der Waals surface area contributed by atoms with Gasteiger partial charge in [0.15, 0.2) is 0 Å². The van der Waals surface area contributed by atoms with E-state index in [1.54, 1.807) is 12.1 Å². The van der Waals surface area contributed by atoms with E-state index in [9.17, 15) is 9.18 Å². The van der Waals surface area contributed by atoms with E-state index < -0.39 is 0 Å². The predicted octanol–water partition coefficient (Wildman–Crippen LogP) is 5.25. The molecule has 4 nitrogen and oxygen atoms in total. The Hall–Kier alpha value is -2.99. The van der Waals surface area contributed by atoms with E-state index in [1.807, 2.05) is 31.4 Å². The van der Waals surface area contributed by atoms with Gasteiger partial charge < -0.3 is 9.15 Å². The quantitative estimate of drug-likeness (QED) is 0.453. The van der Waals surface area contributed by atoms with Crippen LogP contribution in [-0.4, -0.2) is 4.98 Å². The summed E-state index contributed by atoms with van der Waals surface area (Å²) in [5.74, 6) is 0.375. The molecule has 0 bridgehead atoms. The van der Waals surface area contributed by atoms with E-state index in [0.29, 0.717) is 17.9 Å². The Morgan fingerprint density at radius 3 is 2.70 bits per heavy atom. The summed E-state index contributed by atoms with van der Waals surface area (Å²) >= 11 is 1.48. The number of fused-ring (bicyclic) bond motifs is 1. The molecule has 0 fully saturated rings. The first-order chi connectivity index (χ1) is 13.0. The van der Waals surface area contributed by atoms with Crippen LogP contribution in [-0.2, 0) is 6.61 Å². The van der Waals surface area contributed by atoms with Crippen molar-refractivity contribution in [1.82, 2.24) is 4.98 Å². The fourth-order valence-electron chi connectivity index (χ4n) is 2.91. The number of ether oxygens (including phenoxy) is 1. The molecule has 0 aliphatic heterocycles. The summed E-state index contributed by atoms with van der Waals surface area (Å²) in [7, 11) is 0. The Bertz CT molecular complexity index is 1180. The molecule has 4 rings (SSSR count). The van der Waals surface area contributed by atoms with Crippen molar-refractivity contribution in [2.24, 2.45) is 0 Å². The van der Waals surface area contributed by atoms with Crippen LogP contribution in [0.15, 0.2) is 57.1 Å². The molecule has 0 saturated carbocycles. The minimum Gasteiger partial charge on any atom is -0.487 e. The van der Waals surface area contributed by atoms with Gasteiger partial charge in [-0.25, -0.2) is 14.2 Å². The molecule has 2 aromatic carbocycles. The highest BCUT2D eigenvalue weighted by Gasteiger charge is 2.11. The molecule has 4 aromatic rings. The van der Waals surface area contributed by atoms with Crippen molar-refractivity contribution in [3.8, 4) is 16.3 Å². The average molecular weight is 381 g/mol. The highest BCUT2D eigenvalue weighted by Crippen LogP contribution is 2.29. The second kappa shape index (κ2) is 6.96. The zero-order chi connectivity index (χ0) is 19.0. The first-order valence-corrected chi connectivity index (χ1v) is 9.26. The van der Waals surface area contributed by atoms with Gasteiger partial charge >= 0.3 is 5.63 Å². The minimum absolute atomic E-state index is 0.271. The Morgan fingerprint density at radius 2 is 1.93 bits per heavy atom. The Labute approximate surface area is 158 Å². The number of hydrogen-bond acceptors (Lipinski definition) is 5. The molecule has 27 heavy (non-hydrogen) atoms. The molecule has 0 unspecified atom stereocenters. The predicted molar refractivity (Wildman–Crippen MR) is 104 cm³/mol. The molecule has 0 aliphatic rings. The summed E-state index contributed by atoms with van der Waals surface area (Å²) < 4.78 is 24.3. The van der Waals surface area contributed by atoms with Gasteiger partial charge in [0.05, 0.1) is 5.69 Å². The van der Waals surface area contributed by atoms with Crippen LogP contribution in [0.1, 0.15) is 16.8 Å². The number of nitrogens with zero attached hydrogens (tertiary/aromatic N) is 1. The van der Waals surface area contributed by atoms with Crippen LogP contribution in [0.25, 0.3) is 21.5 Å². The van der Waals surface area contributed by atoms with E-state index in [1.165, 1.54) is 29.5 Å². The van der Waals surface area contributed by atoms with E-state index >= 15 is 0 Å². The van der Waals surface area contributed by atoms with Crippen LogP contribution in [0.5, 0.6) is 5.75 Å². The van der Waals surface area contributed by atoms with E-state index in [2.05, 4.69) is 4.98 Å². The van der Waals surface area contributed by atoms with Gasteiger partial charge in [-0.1, -0.05) is 0 Å². The smallest absolute Gasteiger partial charge is 0.336 e. The summed E-state index contributed by atoms with van der Waals surface area (Å²) in [5.41, 5.74) is 3.48. The standard InChI is InChI=1S/C21H16FNO3S/c1-12-9-19(24)26-20-13(2)18(8-7-17(12)20)25-10-16-11-27-21(23-16)14-3-5-15(22)6-4-14/h3-9,11H,10H2,1-2H3. The Balaban J connectivity index is 1.56. The summed E-state index contributed by atoms with van der Waals surface area (Å²) in [6, 6.07) is 11.5. The van der Waals surface area contributed by atoms with Crippen LogP contribution >= 0.6 is 11.3 Å². The Morgan fingerprint density at radius 1 is 1.15 bits per heavy atom. The van der Waals surface area contributed by atoms with Gasteiger partial charge in [-0.2, -0.15) is 0 Å². The van der Waals surface area contributed by atoms with Gasteiger partial charge in [0, 0.05) is 28.0 Å². The van der Waals surface area contributed by atoms with Crippen LogP contribution < -0.4 is 10.4 Å². The molecule has 136 valence electrons. The lowest BCUT2D eigenvalue weighted by molar-refractivity contribution is 0.300. The van der Waals surface area contributed by atoms with Crippen molar-refractivity contribution in [3.63, 3.8) is 0 Å². The second-order valence-corrected chi connectivity index (χ2v) is 7.11. The lowest BCUT2D eigenvalue weighted by Crippen LogP contribution is -2.01.